The van der Waals surface area contributed by atoms with Gasteiger partial charge >= 0.3 is 0 Å². The van der Waals surface area contributed by atoms with E-state index in [4.69, 9.17) is 0 Å². The van der Waals surface area contributed by atoms with E-state index in [0.717, 1.165) is 6.54 Å². The number of nitrogens with zero attached hydrogens (tertiary/aromatic N) is 2. The van der Waals surface area contributed by atoms with Crippen molar-refractivity contribution >= 4 is 0 Å². The molecule has 0 aromatic carbocycles. The van der Waals surface area contributed by atoms with E-state index in [1.165, 1.54) is 25.9 Å². The maximum absolute atomic E-state index is 3.28. The van der Waals surface area contributed by atoms with Crippen molar-refractivity contribution in [3.63, 3.8) is 0 Å². The summed E-state index contributed by atoms with van der Waals surface area (Å²) in [6.07, 6.45) is 2.52. The van der Waals surface area contributed by atoms with Crippen LogP contribution in [0.25, 0.3) is 0 Å². The molecule has 0 bridgehead atoms. The molecule has 2 atom stereocenters. The largest absolute Gasteiger partial charge is 0.320 e. The molecule has 1 aliphatic heterocycles. The van der Waals surface area contributed by atoms with E-state index in [-0.39, 0.29) is 5.54 Å². The second-order valence-electron chi connectivity index (χ2n) is 6.49. The molecule has 1 rings (SSSR count). The molecule has 1 aliphatic rings. The lowest BCUT2D eigenvalue weighted by atomic mass is 10.0. The second-order valence-corrected chi connectivity index (χ2v) is 6.49. The third-order valence-electron chi connectivity index (χ3n) is 4.05. The van der Waals surface area contributed by atoms with Gasteiger partial charge in [-0.15, -0.1) is 0 Å². The Morgan fingerprint density at radius 3 is 2.47 bits per heavy atom. The van der Waals surface area contributed by atoms with Gasteiger partial charge in [-0.2, -0.15) is 0 Å². The minimum absolute atomic E-state index is 0.280. The fourth-order valence-corrected chi connectivity index (χ4v) is 2.83. The van der Waals surface area contributed by atoms with Gasteiger partial charge < -0.3 is 10.2 Å². The van der Waals surface area contributed by atoms with E-state index in [0.29, 0.717) is 12.1 Å². The van der Waals surface area contributed by atoms with Crippen molar-refractivity contribution in [1.82, 2.24) is 15.1 Å². The van der Waals surface area contributed by atoms with E-state index >= 15 is 0 Å². The first-order valence-electron chi connectivity index (χ1n) is 6.98. The van der Waals surface area contributed by atoms with Crippen molar-refractivity contribution in [2.45, 2.75) is 58.2 Å². The lowest BCUT2D eigenvalue weighted by Crippen LogP contribution is -2.50. The SMILES string of the molecule is CNCCC1CN(C(C)(C)C)C(C)CCN1C. The van der Waals surface area contributed by atoms with Crippen molar-refractivity contribution < 1.29 is 0 Å². The third-order valence-corrected chi connectivity index (χ3v) is 4.05. The zero-order valence-corrected chi connectivity index (χ0v) is 12.6. The fraction of sp³-hybridized carbons (Fsp3) is 1.00. The zero-order chi connectivity index (χ0) is 13.1. The molecule has 3 nitrogen and oxygen atoms in total. The number of rotatable bonds is 3. The Morgan fingerprint density at radius 2 is 1.94 bits per heavy atom. The minimum Gasteiger partial charge on any atom is -0.320 e. The molecule has 0 saturated carbocycles. The molecule has 102 valence electrons. The van der Waals surface area contributed by atoms with Gasteiger partial charge in [-0.3, -0.25) is 4.90 Å². The highest BCUT2D eigenvalue weighted by atomic mass is 15.3. The predicted octanol–water partition coefficient (Wildman–Crippen LogP) is 1.79. The lowest BCUT2D eigenvalue weighted by molar-refractivity contribution is 0.0791. The molecule has 0 aromatic rings. The van der Waals surface area contributed by atoms with E-state index in [1.807, 2.05) is 7.05 Å². The van der Waals surface area contributed by atoms with Gasteiger partial charge in [-0.25, -0.2) is 0 Å². The van der Waals surface area contributed by atoms with Crippen LogP contribution in [0.5, 0.6) is 0 Å². The van der Waals surface area contributed by atoms with Crippen LogP contribution in [0, 0.1) is 0 Å². The Labute approximate surface area is 108 Å². The molecular weight excluding hydrogens is 210 g/mol. The van der Waals surface area contributed by atoms with Crippen LogP contribution >= 0.6 is 0 Å². The van der Waals surface area contributed by atoms with Gasteiger partial charge in [0.05, 0.1) is 0 Å². The average Bonchev–Trinajstić information content (AvgIpc) is 2.36. The molecule has 0 aliphatic carbocycles. The summed E-state index contributed by atoms with van der Waals surface area (Å²) >= 11 is 0. The van der Waals surface area contributed by atoms with Gasteiger partial charge in [0, 0.05) is 24.2 Å². The molecule has 0 amide bonds. The maximum Gasteiger partial charge on any atom is 0.0232 e. The van der Waals surface area contributed by atoms with Crippen molar-refractivity contribution in [3.8, 4) is 0 Å². The van der Waals surface area contributed by atoms with Crippen LogP contribution in [-0.2, 0) is 0 Å². The fourth-order valence-electron chi connectivity index (χ4n) is 2.83. The zero-order valence-electron chi connectivity index (χ0n) is 12.6. The van der Waals surface area contributed by atoms with Crippen LogP contribution in [0.3, 0.4) is 0 Å². The highest BCUT2D eigenvalue weighted by molar-refractivity contribution is 4.89. The van der Waals surface area contributed by atoms with Crippen LogP contribution < -0.4 is 5.32 Å². The molecule has 0 radical (unpaired) electrons. The lowest BCUT2D eigenvalue weighted by Gasteiger charge is -2.41. The molecular formula is C14H31N3. The summed E-state index contributed by atoms with van der Waals surface area (Å²) in [4.78, 5) is 5.22. The number of likely N-dealkylation sites (N-methyl/N-ethyl adjacent to an activating group) is 1. The van der Waals surface area contributed by atoms with Gasteiger partial charge in [-0.05, 0) is 67.7 Å². The normalized spacial score (nSPS) is 29.3. The molecule has 2 unspecified atom stereocenters. The van der Waals surface area contributed by atoms with Gasteiger partial charge in [0.2, 0.25) is 0 Å². The Hall–Kier alpha value is -0.120. The molecule has 3 heteroatoms. The predicted molar refractivity (Wildman–Crippen MR) is 75.5 cm³/mol. The number of hydrogen-bond acceptors (Lipinski definition) is 3. The summed E-state index contributed by atoms with van der Waals surface area (Å²) in [5, 5.41) is 3.28. The summed E-state index contributed by atoms with van der Waals surface area (Å²) in [6.45, 7) is 12.9. The number of hydrogen-bond donors (Lipinski definition) is 1. The molecule has 0 spiro atoms. The smallest absolute Gasteiger partial charge is 0.0232 e. The van der Waals surface area contributed by atoms with Crippen LogP contribution in [0.15, 0.2) is 0 Å². The standard InChI is InChI=1S/C14H31N3/c1-12-8-10-16(6)13(7-9-15-5)11-17(12)14(2,3)4/h12-13,15H,7-11H2,1-6H3. The van der Waals surface area contributed by atoms with Crippen LogP contribution in [0.1, 0.15) is 40.5 Å². The van der Waals surface area contributed by atoms with Crippen LogP contribution in [0.4, 0.5) is 0 Å². The molecule has 0 aromatic heterocycles. The van der Waals surface area contributed by atoms with Gasteiger partial charge in [0.1, 0.15) is 0 Å². The topological polar surface area (TPSA) is 18.5 Å². The maximum atomic E-state index is 3.28. The molecule has 1 heterocycles. The minimum atomic E-state index is 0.280. The van der Waals surface area contributed by atoms with Crippen molar-refractivity contribution in [2.24, 2.45) is 0 Å². The van der Waals surface area contributed by atoms with E-state index in [2.05, 4.69) is 49.9 Å². The quantitative estimate of drug-likeness (QED) is 0.813. The molecule has 17 heavy (non-hydrogen) atoms. The Kier molecular flexibility index (Phi) is 5.42. The highest BCUT2D eigenvalue weighted by Gasteiger charge is 2.32. The van der Waals surface area contributed by atoms with Crippen molar-refractivity contribution in [3.05, 3.63) is 0 Å². The Balaban J connectivity index is 2.71. The van der Waals surface area contributed by atoms with E-state index in [1.54, 1.807) is 0 Å². The van der Waals surface area contributed by atoms with E-state index < -0.39 is 0 Å². The van der Waals surface area contributed by atoms with Gasteiger partial charge in [0.25, 0.3) is 0 Å². The first kappa shape index (κ1) is 14.9. The highest BCUT2D eigenvalue weighted by Crippen LogP contribution is 2.24. The summed E-state index contributed by atoms with van der Waals surface area (Å²) in [6, 6.07) is 1.38. The summed E-state index contributed by atoms with van der Waals surface area (Å²) in [5.74, 6) is 0. The van der Waals surface area contributed by atoms with Gasteiger partial charge in [-0.1, -0.05) is 0 Å². The Morgan fingerprint density at radius 1 is 1.29 bits per heavy atom. The first-order chi connectivity index (χ1) is 7.86. The first-order valence-corrected chi connectivity index (χ1v) is 6.98. The van der Waals surface area contributed by atoms with Crippen molar-refractivity contribution in [2.75, 3.05) is 33.7 Å². The monoisotopic (exact) mass is 241 g/mol. The second kappa shape index (κ2) is 6.17. The van der Waals surface area contributed by atoms with Crippen LogP contribution in [0.2, 0.25) is 0 Å². The van der Waals surface area contributed by atoms with Crippen LogP contribution in [-0.4, -0.2) is 61.2 Å². The third kappa shape index (κ3) is 4.23. The molecule has 1 N–H and O–H groups in total. The number of nitrogens with one attached hydrogen (secondary N) is 1. The van der Waals surface area contributed by atoms with Crippen molar-refractivity contribution in [1.29, 1.82) is 0 Å². The summed E-state index contributed by atoms with van der Waals surface area (Å²) in [7, 11) is 4.32. The summed E-state index contributed by atoms with van der Waals surface area (Å²) in [5.41, 5.74) is 0.280. The Bertz CT molecular complexity index is 222. The average molecular weight is 241 g/mol. The summed E-state index contributed by atoms with van der Waals surface area (Å²) < 4.78 is 0. The molecule has 1 fully saturated rings. The molecule has 1 saturated heterocycles. The van der Waals surface area contributed by atoms with E-state index in [9.17, 15) is 0 Å². The van der Waals surface area contributed by atoms with Gasteiger partial charge in [0.15, 0.2) is 0 Å².